The van der Waals surface area contributed by atoms with Crippen molar-refractivity contribution in [2.75, 3.05) is 19.0 Å². The molecule has 0 aliphatic carbocycles. The SMILES string of the molecule is CN(C)c1ccc(CNC(=O)Cn2nnc(COc3ccccc3)n2)cc1. The van der Waals surface area contributed by atoms with E-state index in [9.17, 15) is 4.79 Å². The first-order valence-electron chi connectivity index (χ1n) is 8.57. The van der Waals surface area contributed by atoms with Crippen molar-refractivity contribution in [1.82, 2.24) is 25.5 Å². The van der Waals surface area contributed by atoms with E-state index in [1.807, 2.05) is 73.6 Å². The number of nitrogens with zero attached hydrogens (tertiary/aromatic N) is 5. The van der Waals surface area contributed by atoms with E-state index in [0.717, 1.165) is 17.0 Å². The van der Waals surface area contributed by atoms with E-state index in [4.69, 9.17) is 4.74 Å². The standard InChI is InChI=1S/C19H22N6O2/c1-24(2)16-10-8-15(9-11-16)12-20-19(26)13-25-22-18(21-23-25)14-27-17-6-4-3-5-7-17/h3-11H,12-14H2,1-2H3,(H,20,26). The van der Waals surface area contributed by atoms with E-state index >= 15 is 0 Å². The Morgan fingerprint density at radius 3 is 2.56 bits per heavy atom. The van der Waals surface area contributed by atoms with E-state index in [-0.39, 0.29) is 19.1 Å². The molecule has 1 N–H and O–H groups in total. The van der Waals surface area contributed by atoms with Gasteiger partial charge in [-0.1, -0.05) is 30.3 Å². The third kappa shape index (κ3) is 5.53. The molecule has 0 aliphatic rings. The van der Waals surface area contributed by atoms with Crippen molar-refractivity contribution in [3.63, 3.8) is 0 Å². The van der Waals surface area contributed by atoms with Crippen LogP contribution in [0.15, 0.2) is 54.6 Å². The minimum absolute atomic E-state index is 0.00805. The van der Waals surface area contributed by atoms with E-state index in [0.29, 0.717) is 12.4 Å². The minimum atomic E-state index is -0.181. The van der Waals surface area contributed by atoms with Crippen LogP contribution in [-0.2, 0) is 24.5 Å². The molecule has 27 heavy (non-hydrogen) atoms. The fourth-order valence-electron chi connectivity index (χ4n) is 2.36. The molecule has 0 fully saturated rings. The molecule has 8 heteroatoms. The Labute approximate surface area is 157 Å². The van der Waals surface area contributed by atoms with E-state index in [1.165, 1.54) is 4.80 Å². The summed E-state index contributed by atoms with van der Waals surface area (Å²) in [6.45, 7) is 0.656. The van der Waals surface area contributed by atoms with Gasteiger partial charge in [-0.25, -0.2) is 0 Å². The van der Waals surface area contributed by atoms with Crippen LogP contribution in [0.5, 0.6) is 5.75 Å². The summed E-state index contributed by atoms with van der Waals surface area (Å²) in [5, 5.41) is 14.8. The van der Waals surface area contributed by atoms with Crippen molar-refractivity contribution in [3.8, 4) is 5.75 Å². The van der Waals surface area contributed by atoms with E-state index < -0.39 is 0 Å². The summed E-state index contributed by atoms with van der Waals surface area (Å²) in [5.41, 5.74) is 2.14. The number of benzene rings is 2. The molecule has 1 heterocycles. The Hall–Kier alpha value is -3.42. The summed E-state index contributed by atoms with van der Waals surface area (Å²) in [7, 11) is 3.97. The normalized spacial score (nSPS) is 10.4. The number of anilines is 1. The lowest BCUT2D eigenvalue weighted by molar-refractivity contribution is -0.122. The van der Waals surface area contributed by atoms with Gasteiger partial charge in [-0.2, -0.15) is 4.80 Å². The molecule has 0 radical (unpaired) electrons. The molecule has 0 bridgehead atoms. The third-order valence-corrected chi connectivity index (χ3v) is 3.83. The molecule has 140 valence electrons. The topological polar surface area (TPSA) is 85.2 Å². The van der Waals surface area contributed by atoms with Crippen LogP contribution in [-0.4, -0.2) is 40.2 Å². The van der Waals surface area contributed by atoms with Gasteiger partial charge in [-0.15, -0.1) is 10.2 Å². The molecule has 0 saturated heterocycles. The molecule has 0 spiro atoms. The first-order valence-corrected chi connectivity index (χ1v) is 8.57. The predicted molar refractivity (Wildman–Crippen MR) is 101 cm³/mol. The highest BCUT2D eigenvalue weighted by Gasteiger charge is 2.08. The number of aromatic nitrogens is 4. The van der Waals surface area contributed by atoms with Crippen LogP contribution in [0.1, 0.15) is 11.4 Å². The number of hydrogen-bond acceptors (Lipinski definition) is 6. The van der Waals surface area contributed by atoms with Crippen molar-refractivity contribution in [3.05, 3.63) is 66.0 Å². The first-order chi connectivity index (χ1) is 13.1. The summed E-state index contributed by atoms with van der Waals surface area (Å²) in [5.74, 6) is 0.970. The Bertz CT molecular complexity index is 861. The lowest BCUT2D eigenvalue weighted by Gasteiger charge is -2.12. The number of para-hydroxylation sites is 1. The zero-order valence-corrected chi connectivity index (χ0v) is 15.4. The fraction of sp³-hybridized carbons (Fsp3) is 0.263. The van der Waals surface area contributed by atoms with Crippen LogP contribution >= 0.6 is 0 Å². The predicted octanol–water partition coefficient (Wildman–Crippen LogP) is 1.63. The number of tetrazole rings is 1. The minimum Gasteiger partial charge on any atom is -0.485 e. The number of rotatable bonds is 8. The van der Waals surface area contributed by atoms with Gasteiger partial charge in [0.15, 0.2) is 6.61 Å². The number of nitrogens with one attached hydrogen (secondary N) is 1. The van der Waals surface area contributed by atoms with Gasteiger partial charge in [0.05, 0.1) is 0 Å². The van der Waals surface area contributed by atoms with Crippen molar-refractivity contribution >= 4 is 11.6 Å². The number of ether oxygens (including phenoxy) is 1. The molecular weight excluding hydrogens is 344 g/mol. The number of amides is 1. The summed E-state index contributed by atoms with van der Waals surface area (Å²) in [6, 6.07) is 17.4. The smallest absolute Gasteiger partial charge is 0.243 e. The fourth-order valence-corrected chi connectivity index (χ4v) is 2.36. The van der Waals surface area contributed by atoms with Gasteiger partial charge in [0, 0.05) is 26.3 Å². The van der Waals surface area contributed by atoms with Gasteiger partial charge >= 0.3 is 0 Å². The second kappa shape index (κ2) is 8.79. The van der Waals surface area contributed by atoms with Crippen molar-refractivity contribution in [1.29, 1.82) is 0 Å². The average molecular weight is 366 g/mol. The zero-order valence-electron chi connectivity index (χ0n) is 15.4. The number of carbonyl (C=O) groups excluding carboxylic acids is 1. The Morgan fingerprint density at radius 2 is 1.85 bits per heavy atom. The average Bonchev–Trinajstić information content (AvgIpc) is 3.13. The second-order valence-corrected chi connectivity index (χ2v) is 6.18. The maximum Gasteiger partial charge on any atom is 0.243 e. The summed E-state index contributed by atoms with van der Waals surface area (Å²) in [4.78, 5) is 15.4. The first kappa shape index (κ1) is 18.4. The van der Waals surface area contributed by atoms with Gasteiger partial charge in [0.2, 0.25) is 11.7 Å². The molecule has 0 aliphatic heterocycles. The molecule has 0 saturated carbocycles. The van der Waals surface area contributed by atoms with Crippen molar-refractivity contribution in [2.24, 2.45) is 0 Å². The quantitative estimate of drug-likeness (QED) is 0.652. The van der Waals surface area contributed by atoms with Crippen LogP contribution in [0.3, 0.4) is 0 Å². The van der Waals surface area contributed by atoms with Crippen molar-refractivity contribution in [2.45, 2.75) is 19.7 Å². The maximum absolute atomic E-state index is 12.1. The van der Waals surface area contributed by atoms with Crippen molar-refractivity contribution < 1.29 is 9.53 Å². The van der Waals surface area contributed by atoms with E-state index in [2.05, 4.69) is 20.7 Å². The highest BCUT2D eigenvalue weighted by molar-refractivity contribution is 5.75. The lowest BCUT2D eigenvalue weighted by atomic mass is 10.2. The largest absolute Gasteiger partial charge is 0.485 e. The third-order valence-electron chi connectivity index (χ3n) is 3.83. The van der Waals surface area contributed by atoms with Gasteiger partial charge in [0.25, 0.3) is 0 Å². The summed E-state index contributed by atoms with van der Waals surface area (Å²) >= 11 is 0. The molecule has 8 nitrogen and oxygen atoms in total. The number of hydrogen-bond donors (Lipinski definition) is 1. The molecule has 3 aromatic rings. The maximum atomic E-state index is 12.1. The molecule has 0 atom stereocenters. The molecule has 2 aromatic carbocycles. The molecule has 1 aromatic heterocycles. The van der Waals surface area contributed by atoms with Crippen LogP contribution in [0.2, 0.25) is 0 Å². The van der Waals surface area contributed by atoms with Gasteiger partial charge in [-0.3, -0.25) is 4.79 Å². The molecule has 0 unspecified atom stereocenters. The summed E-state index contributed by atoms with van der Waals surface area (Å²) in [6.07, 6.45) is 0. The Kier molecular flexibility index (Phi) is 5.98. The van der Waals surface area contributed by atoms with Crippen LogP contribution in [0.25, 0.3) is 0 Å². The Morgan fingerprint density at radius 1 is 1.11 bits per heavy atom. The monoisotopic (exact) mass is 366 g/mol. The van der Waals surface area contributed by atoms with Gasteiger partial charge < -0.3 is 15.0 Å². The highest BCUT2D eigenvalue weighted by atomic mass is 16.5. The second-order valence-electron chi connectivity index (χ2n) is 6.18. The van der Waals surface area contributed by atoms with E-state index in [1.54, 1.807) is 0 Å². The molecule has 1 amide bonds. The highest BCUT2D eigenvalue weighted by Crippen LogP contribution is 2.12. The molecule has 3 rings (SSSR count). The zero-order chi connectivity index (χ0) is 19.1. The van der Waals surface area contributed by atoms with Crippen LogP contribution in [0, 0.1) is 0 Å². The number of carbonyl (C=O) groups is 1. The van der Waals surface area contributed by atoms with Gasteiger partial charge in [-0.05, 0) is 35.0 Å². The van der Waals surface area contributed by atoms with Crippen LogP contribution < -0.4 is 15.0 Å². The Balaban J connectivity index is 1.44. The molecular formula is C19H22N6O2. The van der Waals surface area contributed by atoms with Crippen LogP contribution in [0.4, 0.5) is 5.69 Å². The van der Waals surface area contributed by atoms with Gasteiger partial charge in [0.1, 0.15) is 12.3 Å². The lowest BCUT2D eigenvalue weighted by Crippen LogP contribution is -2.28. The summed E-state index contributed by atoms with van der Waals surface area (Å²) < 4.78 is 5.56.